The highest BCUT2D eigenvalue weighted by molar-refractivity contribution is 5.83. The molecule has 3 nitrogen and oxygen atoms in total. The molecule has 0 amide bonds. The van der Waals surface area contributed by atoms with Gasteiger partial charge in [-0.25, -0.2) is 4.99 Å². The first-order valence-electron chi connectivity index (χ1n) is 3.89. The Morgan fingerprint density at radius 1 is 1.42 bits per heavy atom. The molecule has 0 aliphatic carbocycles. The number of rotatable bonds is 2. The summed E-state index contributed by atoms with van der Waals surface area (Å²) >= 11 is 0. The number of nitrogens with zero attached hydrogens (tertiary/aromatic N) is 1. The molecule has 2 N–H and O–H groups in total. The van der Waals surface area contributed by atoms with Crippen molar-refractivity contribution >= 4 is 11.5 Å². The minimum Gasteiger partial charge on any atom is -0.290 e. The van der Waals surface area contributed by atoms with E-state index in [4.69, 9.17) is 5.21 Å². The molecule has 0 aromatic heterocycles. The zero-order chi connectivity index (χ0) is 8.81. The highest BCUT2D eigenvalue weighted by Crippen LogP contribution is 2.09. The maximum absolute atomic E-state index is 8.61. The Morgan fingerprint density at radius 2 is 2.08 bits per heavy atom. The second kappa shape index (κ2) is 4.51. The summed E-state index contributed by atoms with van der Waals surface area (Å²) in [5.74, 6) is 0.571. The Bertz CT molecular complexity index is 250. The van der Waals surface area contributed by atoms with E-state index in [0.29, 0.717) is 12.3 Å². The number of para-hydroxylation sites is 1. The number of hydroxylamine groups is 1. The van der Waals surface area contributed by atoms with Gasteiger partial charge in [-0.3, -0.25) is 10.7 Å². The van der Waals surface area contributed by atoms with Crippen LogP contribution in [0.5, 0.6) is 0 Å². The molecule has 0 saturated carbocycles. The number of hydrogen-bond acceptors (Lipinski definition) is 2. The molecule has 0 aliphatic rings. The van der Waals surface area contributed by atoms with E-state index in [9.17, 15) is 0 Å². The molecule has 0 bridgehead atoms. The Hall–Kier alpha value is -1.35. The Morgan fingerprint density at radius 3 is 2.58 bits per heavy atom. The summed E-state index contributed by atoms with van der Waals surface area (Å²) in [4.78, 5) is 4.15. The summed E-state index contributed by atoms with van der Waals surface area (Å²) in [5.41, 5.74) is 2.89. The van der Waals surface area contributed by atoms with Crippen molar-refractivity contribution in [3.63, 3.8) is 0 Å². The third kappa shape index (κ3) is 2.36. The normalized spacial score (nSPS) is 11.3. The van der Waals surface area contributed by atoms with Crippen molar-refractivity contribution in [2.75, 3.05) is 0 Å². The van der Waals surface area contributed by atoms with Crippen LogP contribution in [0.1, 0.15) is 13.3 Å². The lowest BCUT2D eigenvalue weighted by molar-refractivity contribution is 0.232. The second-order valence-corrected chi connectivity index (χ2v) is 2.36. The van der Waals surface area contributed by atoms with Gasteiger partial charge in [0.15, 0.2) is 0 Å². The Balaban J connectivity index is 2.79. The molecule has 0 spiro atoms. The van der Waals surface area contributed by atoms with E-state index in [0.717, 1.165) is 5.69 Å². The summed E-state index contributed by atoms with van der Waals surface area (Å²) < 4.78 is 0. The van der Waals surface area contributed by atoms with Gasteiger partial charge in [0.2, 0.25) is 0 Å². The van der Waals surface area contributed by atoms with Crippen LogP contribution >= 0.6 is 0 Å². The van der Waals surface area contributed by atoms with E-state index in [1.807, 2.05) is 37.3 Å². The highest BCUT2D eigenvalue weighted by atomic mass is 16.5. The molecule has 0 radical (unpaired) electrons. The minimum absolute atomic E-state index is 0.571. The van der Waals surface area contributed by atoms with Gasteiger partial charge in [0.1, 0.15) is 5.84 Å². The first kappa shape index (κ1) is 8.74. The van der Waals surface area contributed by atoms with Crippen LogP contribution in [0, 0.1) is 0 Å². The van der Waals surface area contributed by atoms with Gasteiger partial charge in [-0.2, -0.15) is 0 Å². The molecular weight excluding hydrogens is 152 g/mol. The second-order valence-electron chi connectivity index (χ2n) is 2.36. The van der Waals surface area contributed by atoms with Gasteiger partial charge in [0, 0.05) is 6.42 Å². The molecule has 0 unspecified atom stereocenters. The summed E-state index contributed by atoms with van der Waals surface area (Å²) in [6.45, 7) is 1.92. The maximum atomic E-state index is 8.61. The number of aliphatic imine (C=N–C) groups is 1. The van der Waals surface area contributed by atoms with Gasteiger partial charge < -0.3 is 0 Å². The topological polar surface area (TPSA) is 44.6 Å². The van der Waals surface area contributed by atoms with Crippen LogP contribution in [0.4, 0.5) is 5.69 Å². The number of nitrogens with one attached hydrogen (secondary N) is 1. The lowest BCUT2D eigenvalue weighted by Gasteiger charge is -1.99. The summed E-state index contributed by atoms with van der Waals surface area (Å²) in [7, 11) is 0. The van der Waals surface area contributed by atoms with E-state index in [1.165, 1.54) is 0 Å². The van der Waals surface area contributed by atoms with Gasteiger partial charge in [0.25, 0.3) is 0 Å². The maximum Gasteiger partial charge on any atom is 0.126 e. The van der Waals surface area contributed by atoms with Crippen LogP contribution in [-0.2, 0) is 0 Å². The quantitative estimate of drug-likeness (QED) is 0.399. The molecule has 1 aromatic rings. The standard InChI is InChI=1S/C9H12N2O/c1-2-9(11-12)10-8-6-4-3-5-7-8/h3-7,12H,2H2,1H3,(H,10,11). The smallest absolute Gasteiger partial charge is 0.126 e. The molecule has 3 heteroatoms. The van der Waals surface area contributed by atoms with Crippen LogP contribution in [0.3, 0.4) is 0 Å². The van der Waals surface area contributed by atoms with Crippen molar-refractivity contribution in [3.8, 4) is 0 Å². The molecule has 0 aliphatic heterocycles. The van der Waals surface area contributed by atoms with Gasteiger partial charge >= 0.3 is 0 Å². The third-order valence-corrected chi connectivity index (χ3v) is 1.48. The fraction of sp³-hybridized carbons (Fsp3) is 0.222. The third-order valence-electron chi connectivity index (χ3n) is 1.48. The van der Waals surface area contributed by atoms with Crippen molar-refractivity contribution in [2.24, 2.45) is 4.99 Å². The fourth-order valence-electron chi connectivity index (χ4n) is 0.841. The highest BCUT2D eigenvalue weighted by Gasteiger charge is 1.91. The van der Waals surface area contributed by atoms with E-state index < -0.39 is 0 Å². The van der Waals surface area contributed by atoms with Gasteiger partial charge in [-0.15, -0.1) is 0 Å². The first-order chi connectivity index (χ1) is 5.86. The number of hydrogen-bond donors (Lipinski definition) is 2. The van der Waals surface area contributed by atoms with Crippen molar-refractivity contribution < 1.29 is 5.21 Å². The van der Waals surface area contributed by atoms with Crippen molar-refractivity contribution in [2.45, 2.75) is 13.3 Å². The van der Waals surface area contributed by atoms with Crippen LogP contribution in [-0.4, -0.2) is 11.0 Å². The minimum atomic E-state index is 0.571. The number of benzene rings is 1. The molecule has 12 heavy (non-hydrogen) atoms. The van der Waals surface area contributed by atoms with Gasteiger partial charge in [0.05, 0.1) is 5.69 Å². The van der Waals surface area contributed by atoms with Crippen LogP contribution < -0.4 is 5.48 Å². The Labute approximate surface area is 71.7 Å². The lowest BCUT2D eigenvalue weighted by Crippen LogP contribution is -2.17. The molecule has 1 aromatic carbocycles. The zero-order valence-corrected chi connectivity index (χ0v) is 6.99. The van der Waals surface area contributed by atoms with Crippen molar-refractivity contribution in [1.82, 2.24) is 5.48 Å². The van der Waals surface area contributed by atoms with Crippen LogP contribution in [0.2, 0.25) is 0 Å². The average molecular weight is 164 g/mol. The van der Waals surface area contributed by atoms with E-state index in [-0.39, 0.29) is 0 Å². The SMILES string of the molecule is CCC(=Nc1ccccc1)NO. The van der Waals surface area contributed by atoms with Crippen molar-refractivity contribution in [1.29, 1.82) is 0 Å². The summed E-state index contributed by atoms with van der Waals surface area (Å²) in [6.07, 6.45) is 0.686. The average Bonchev–Trinajstić information content (AvgIpc) is 2.16. The molecule has 64 valence electrons. The number of amidine groups is 1. The molecule has 0 saturated heterocycles. The van der Waals surface area contributed by atoms with Crippen LogP contribution in [0.15, 0.2) is 35.3 Å². The molecule has 0 heterocycles. The summed E-state index contributed by atoms with van der Waals surface area (Å²) in [6, 6.07) is 9.50. The van der Waals surface area contributed by atoms with E-state index in [2.05, 4.69) is 10.5 Å². The fourth-order valence-corrected chi connectivity index (χ4v) is 0.841. The molecule has 1 rings (SSSR count). The van der Waals surface area contributed by atoms with E-state index >= 15 is 0 Å². The Kier molecular flexibility index (Phi) is 3.29. The molecular formula is C9H12N2O. The predicted molar refractivity (Wildman–Crippen MR) is 48.8 cm³/mol. The van der Waals surface area contributed by atoms with Gasteiger partial charge in [-0.05, 0) is 12.1 Å². The van der Waals surface area contributed by atoms with E-state index in [1.54, 1.807) is 0 Å². The zero-order valence-electron chi connectivity index (χ0n) is 6.99. The van der Waals surface area contributed by atoms with Crippen LogP contribution in [0.25, 0.3) is 0 Å². The largest absolute Gasteiger partial charge is 0.290 e. The first-order valence-corrected chi connectivity index (χ1v) is 3.89. The monoisotopic (exact) mass is 164 g/mol. The lowest BCUT2D eigenvalue weighted by atomic mass is 10.3. The predicted octanol–water partition coefficient (Wildman–Crippen LogP) is 2.11. The van der Waals surface area contributed by atoms with Gasteiger partial charge in [-0.1, -0.05) is 25.1 Å². The summed E-state index contributed by atoms with van der Waals surface area (Å²) in [5, 5.41) is 8.61. The molecule has 0 atom stereocenters. The van der Waals surface area contributed by atoms with Crippen molar-refractivity contribution in [3.05, 3.63) is 30.3 Å². The molecule has 0 fully saturated rings.